The van der Waals surface area contributed by atoms with Crippen molar-refractivity contribution in [2.45, 2.75) is 32.2 Å². The Balaban J connectivity index is 2.07. The molecule has 94 valence electrons. The van der Waals surface area contributed by atoms with Crippen molar-refractivity contribution in [1.29, 1.82) is 0 Å². The van der Waals surface area contributed by atoms with Crippen LogP contribution in [0.15, 0.2) is 6.07 Å². The Kier molecular flexibility index (Phi) is 3.76. The van der Waals surface area contributed by atoms with Crippen molar-refractivity contribution in [2.24, 2.45) is 7.05 Å². The first-order chi connectivity index (χ1) is 8.08. The van der Waals surface area contributed by atoms with Gasteiger partial charge in [0.15, 0.2) is 0 Å². The Hall–Kier alpha value is -0.970. The summed E-state index contributed by atoms with van der Waals surface area (Å²) in [6.07, 6.45) is 1.07. The average Bonchev–Trinajstić information content (AvgIpc) is 2.86. The molecule has 0 spiro atoms. The number of carbonyl (C=O) groups is 1. The lowest BCUT2D eigenvalue weighted by molar-refractivity contribution is 0.0931. The number of rotatable bonds is 3. The maximum Gasteiger partial charge on any atom is 0.269 e. The summed E-state index contributed by atoms with van der Waals surface area (Å²) in [6.45, 7) is 4.16. The lowest BCUT2D eigenvalue weighted by atomic mass is 10.1. The van der Waals surface area contributed by atoms with E-state index in [1.807, 2.05) is 24.9 Å². The zero-order chi connectivity index (χ0) is 12.4. The van der Waals surface area contributed by atoms with Crippen molar-refractivity contribution in [2.75, 3.05) is 11.5 Å². The Bertz CT molecular complexity index is 408. The van der Waals surface area contributed by atoms with Crippen LogP contribution in [0.4, 0.5) is 0 Å². The monoisotopic (exact) mass is 253 g/mol. The molecule has 1 aliphatic rings. The minimum Gasteiger partial charge on any atom is -0.347 e. The summed E-state index contributed by atoms with van der Waals surface area (Å²) in [7, 11) is 1.82. The smallest absolute Gasteiger partial charge is 0.269 e. The standard InChI is InChI=1S/C12H19N3OS/c1-8(2)10-6-11(15(3)14-10)12(16)13-9-4-5-17-7-9/h6,8-9H,4-5,7H2,1-3H3,(H,13,16)/t9-/m0/s1. The molecule has 4 nitrogen and oxygen atoms in total. The SMILES string of the molecule is CC(C)c1cc(C(=O)N[C@H]2CCSC2)n(C)n1. The zero-order valence-electron chi connectivity index (χ0n) is 10.6. The third-order valence-electron chi connectivity index (χ3n) is 2.99. The number of carbonyl (C=O) groups excluding carboxylic acids is 1. The van der Waals surface area contributed by atoms with Gasteiger partial charge in [0.2, 0.25) is 0 Å². The van der Waals surface area contributed by atoms with Crippen molar-refractivity contribution in [3.8, 4) is 0 Å². The highest BCUT2D eigenvalue weighted by Crippen LogP contribution is 2.18. The van der Waals surface area contributed by atoms with Gasteiger partial charge in [0.1, 0.15) is 5.69 Å². The molecular weight excluding hydrogens is 234 g/mol. The van der Waals surface area contributed by atoms with Gasteiger partial charge in [-0.15, -0.1) is 0 Å². The molecule has 1 atom stereocenters. The van der Waals surface area contributed by atoms with E-state index < -0.39 is 0 Å². The van der Waals surface area contributed by atoms with Gasteiger partial charge in [-0.1, -0.05) is 13.8 Å². The first kappa shape index (κ1) is 12.5. The van der Waals surface area contributed by atoms with Crippen LogP contribution >= 0.6 is 11.8 Å². The van der Waals surface area contributed by atoms with Crippen LogP contribution in [0.25, 0.3) is 0 Å². The number of hydrogen-bond donors (Lipinski definition) is 1. The van der Waals surface area contributed by atoms with Gasteiger partial charge in [0.05, 0.1) is 5.69 Å². The van der Waals surface area contributed by atoms with E-state index in [1.54, 1.807) is 4.68 Å². The summed E-state index contributed by atoms with van der Waals surface area (Å²) in [6, 6.07) is 2.21. The molecule has 2 rings (SSSR count). The molecule has 0 aromatic carbocycles. The Morgan fingerprint density at radius 2 is 2.41 bits per heavy atom. The molecule has 17 heavy (non-hydrogen) atoms. The van der Waals surface area contributed by atoms with Crippen LogP contribution in [0.3, 0.4) is 0 Å². The van der Waals surface area contributed by atoms with E-state index in [2.05, 4.69) is 24.3 Å². The molecule has 0 aliphatic carbocycles. The van der Waals surface area contributed by atoms with Crippen LogP contribution in [0.2, 0.25) is 0 Å². The highest BCUT2D eigenvalue weighted by Gasteiger charge is 2.21. The third-order valence-corrected chi connectivity index (χ3v) is 4.15. The van der Waals surface area contributed by atoms with Crippen molar-refractivity contribution in [3.05, 3.63) is 17.5 Å². The van der Waals surface area contributed by atoms with Gasteiger partial charge in [-0.25, -0.2) is 0 Å². The second kappa shape index (κ2) is 5.12. The van der Waals surface area contributed by atoms with Gasteiger partial charge in [0, 0.05) is 18.8 Å². The number of nitrogens with zero attached hydrogens (tertiary/aromatic N) is 2. The zero-order valence-corrected chi connectivity index (χ0v) is 11.4. The summed E-state index contributed by atoms with van der Waals surface area (Å²) in [5.74, 6) is 2.53. The van der Waals surface area contributed by atoms with Crippen LogP contribution in [-0.4, -0.2) is 33.2 Å². The van der Waals surface area contributed by atoms with Crippen LogP contribution in [0, 0.1) is 0 Å². The normalized spacial score (nSPS) is 19.9. The second-order valence-electron chi connectivity index (χ2n) is 4.77. The maximum absolute atomic E-state index is 12.1. The van der Waals surface area contributed by atoms with Crippen LogP contribution in [0.5, 0.6) is 0 Å². The molecule has 1 N–H and O–H groups in total. The minimum atomic E-state index is -0.000556. The molecule has 0 saturated carbocycles. The Morgan fingerprint density at radius 3 is 2.94 bits per heavy atom. The van der Waals surface area contributed by atoms with Crippen LogP contribution in [-0.2, 0) is 7.05 Å². The van der Waals surface area contributed by atoms with E-state index in [9.17, 15) is 4.79 Å². The van der Waals surface area contributed by atoms with E-state index >= 15 is 0 Å². The fourth-order valence-electron chi connectivity index (χ4n) is 1.89. The first-order valence-corrected chi connectivity index (χ1v) is 7.16. The van der Waals surface area contributed by atoms with Crippen molar-refractivity contribution in [1.82, 2.24) is 15.1 Å². The number of amides is 1. The van der Waals surface area contributed by atoms with Crippen molar-refractivity contribution >= 4 is 17.7 Å². The van der Waals surface area contributed by atoms with Crippen molar-refractivity contribution in [3.63, 3.8) is 0 Å². The highest BCUT2D eigenvalue weighted by atomic mass is 32.2. The number of thioether (sulfide) groups is 1. The summed E-state index contributed by atoms with van der Waals surface area (Å²) in [4.78, 5) is 12.1. The number of nitrogens with one attached hydrogen (secondary N) is 1. The first-order valence-electron chi connectivity index (χ1n) is 6.00. The molecular formula is C12H19N3OS. The molecule has 0 radical (unpaired) electrons. The summed E-state index contributed by atoms with van der Waals surface area (Å²) in [5.41, 5.74) is 1.63. The number of hydrogen-bond acceptors (Lipinski definition) is 3. The highest BCUT2D eigenvalue weighted by molar-refractivity contribution is 7.99. The molecule has 5 heteroatoms. The molecule has 1 fully saturated rings. The molecule has 0 bridgehead atoms. The quantitative estimate of drug-likeness (QED) is 0.893. The van der Waals surface area contributed by atoms with Gasteiger partial charge in [0.25, 0.3) is 5.91 Å². The molecule has 0 unspecified atom stereocenters. The predicted molar refractivity (Wildman–Crippen MR) is 70.5 cm³/mol. The largest absolute Gasteiger partial charge is 0.347 e. The Morgan fingerprint density at radius 1 is 1.65 bits per heavy atom. The molecule has 1 amide bonds. The van der Waals surface area contributed by atoms with E-state index in [4.69, 9.17) is 0 Å². The molecule has 1 saturated heterocycles. The van der Waals surface area contributed by atoms with Gasteiger partial charge in [-0.2, -0.15) is 16.9 Å². The topological polar surface area (TPSA) is 46.9 Å². The molecule has 1 aromatic rings. The van der Waals surface area contributed by atoms with Gasteiger partial charge in [-0.05, 0) is 24.2 Å². The fourth-order valence-corrected chi connectivity index (χ4v) is 3.04. The van der Waals surface area contributed by atoms with Crippen molar-refractivity contribution < 1.29 is 4.79 Å². The van der Waals surface area contributed by atoms with Gasteiger partial charge in [-0.3, -0.25) is 9.48 Å². The van der Waals surface area contributed by atoms with Gasteiger partial charge < -0.3 is 5.32 Å². The third kappa shape index (κ3) is 2.83. The van der Waals surface area contributed by atoms with E-state index in [-0.39, 0.29) is 5.91 Å². The number of aryl methyl sites for hydroxylation is 1. The fraction of sp³-hybridized carbons (Fsp3) is 0.667. The number of aromatic nitrogens is 2. The minimum absolute atomic E-state index is 0.000556. The average molecular weight is 253 g/mol. The molecule has 1 aromatic heterocycles. The van der Waals surface area contributed by atoms with E-state index in [0.717, 1.165) is 23.6 Å². The van der Waals surface area contributed by atoms with E-state index in [0.29, 0.717) is 17.7 Å². The summed E-state index contributed by atoms with van der Waals surface area (Å²) < 4.78 is 1.67. The van der Waals surface area contributed by atoms with Crippen LogP contribution in [0.1, 0.15) is 42.4 Å². The van der Waals surface area contributed by atoms with Gasteiger partial charge >= 0.3 is 0 Å². The molecule has 2 heterocycles. The predicted octanol–water partition coefficient (Wildman–Crippen LogP) is 1.78. The summed E-state index contributed by atoms with van der Waals surface area (Å²) >= 11 is 1.90. The summed E-state index contributed by atoms with van der Waals surface area (Å²) in [5, 5.41) is 7.42. The van der Waals surface area contributed by atoms with Crippen LogP contribution < -0.4 is 5.32 Å². The maximum atomic E-state index is 12.1. The Labute approximate surface area is 106 Å². The lowest BCUT2D eigenvalue weighted by Gasteiger charge is -2.10. The molecule has 1 aliphatic heterocycles. The van der Waals surface area contributed by atoms with E-state index in [1.165, 1.54) is 0 Å². The second-order valence-corrected chi connectivity index (χ2v) is 5.92. The lowest BCUT2D eigenvalue weighted by Crippen LogP contribution is -2.35.